The summed E-state index contributed by atoms with van der Waals surface area (Å²) in [6.07, 6.45) is 0.716. The number of ether oxygens (including phenoxy) is 1. The molecule has 1 aliphatic carbocycles. The highest BCUT2D eigenvalue weighted by Gasteiger charge is 2.52. The van der Waals surface area contributed by atoms with Crippen LogP contribution in [0.4, 0.5) is 11.4 Å². The molecule has 9 heteroatoms. The van der Waals surface area contributed by atoms with Crippen molar-refractivity contribution in [3.05, 3.63) is 60.2 Å². The summed E-state index contributed by atoms with van der Waals surface area (Å²) in [5, 5.41) is 1.91. The Morgan fingerprint density at radius 1 is 0.906 bits per heavy atom. The summed E-state index contributed by atoms with van der Waals surface area (Å²) in [6.45, 7) is -0.443. The number of benzene rings is 2. The Labute approximate surface area is 194 Å². The van der Waals surface area contributed by atoms with Crippen molar-refractivity contribution in [2.45, 2.75) is 23.6 Å². The molecule has 0 aromatic heterocycles. The molecule has 1 saturated carbocycles. The highest BCUT2D eigenvalue weighted by molar-refractivity contribution is 6.31. The van der Waals surface area contributed by atoms with Crippen molar-refractivity contribution in [2.24, 2.45) is 11.8 Å². The first-order valence-electron chi connectivity index (χ1n) is 10.1. The molecule has 1 saturated heterocycles. The second-order valence-electron chi connectivity index (χ2n) is 7.77. The molecule has 0 bridgehead atoms. The smallest absolute Gasteiger partial charge is 0.338 e. The van der Waals surface area contributed by atoms with Gasteiger partial charge in [-0.15, -0.1) is 23.2 Å². The number of anilines is 2. The van der Waals surface area contributed by atoms with E-state index in [1.165, 1.54) is 24.3 Å². The molecule has 2 aromatic rings. The highest BCUT2D eigenvalue weighted by Crippen LogP contribution is 2.43. The first kappa shape index (κ1) is 22.3. The SMILES string of the molecule is O=C(COC(=O)c1ccc(N2C(=O)[C@H]3C[C@H](Cl)[C@@H](Cl)C[C@H]3C2=O)cc1)Nc1ccccc1. The van der Waals surface area contributed by atoms with Crippen LogP contribution in [0.3, 0.4) is 0 Å². The van der Waals surface area contributed by atoms with Crippen LogP contribution < -0.4 is 10.2 Å². The van der Waals surface area contributed by atoms with Crippen LogP contribution in [-0.2, 0) is 19.1 Å². The summed E-state index contributed by atoms with van der Waals surface area (Å²) in [5.74, 6) is -2.72. The molecule has 2 aromatic carbocycles. The van der Waals surface area contributed by atoms with Crippen LogP contribution in [-0.4, -0.2) is 41.1 Å². The maximum Gasteiger partial charge on any atom is 0.338 e. The van der Waals surface area contributed by atoms with Gasteiger partial charge in [-0.25, -0.2) is 4.79 Å². The van der Waals surface area contributed by atoms with E-state index < -0.39 is 30.3 Å². The number of alkyl halides is 2. The lowest BCUT2D eigenvalue weighted by Gasteiger charge is -2.28. The Balaban J connectivity index is 1.37. The molecule has 4 rings (SSSR count). The number of halogens is 2. The van der Waals surface area contributed by atoms with E-state index in [0.29, 0.717) is 24.2 Å². The monoisotopic (exact) mass is 474 g/mol. The Bertz CT molecular complexity index is 1020. The Hall–Kier alpha value is -2.90. The van der Waals surface area contributed by atoms with Gasteiger partial charge in [0.05, 0.1) is 33.8 Å². The van der Waals surface area contributed by atoms with E-state index in [1.54, 1.807) is 24.3 Å². The quantitative estimate of drug-likeness (QED) is 0.406. The summed E-state index contributed by atoms with van der Waals surface area (Å²) in [4.78, 5) is 51.0. The highest BCUT2D eigenvalue weighted by atomic mass is 35.5. The Kier molecular flexibility index (Phi) is 6.48. The minimum atomic E-state index is -0.692. The van der Waals surface area contributed by atoms with Crippen molar-refractivity contribution in [3.8, 4) is 0 Å². The molecule has 2 fully saturated rings. The van der Waals surface area contributed by atoms with Gasteiger partial charge in [-0.1, -0.05) is 18.2 Å². The van der Waals surface area contributed by atoms with Crippen molar-refractivity contribution < 1.29 is 23.9 Å². The number of imide groups is 1. The van der Waals surface area contributed by atoms with Crippen LogP contribution >= 0.6 is 23.2 Å². The average Bonchev–Trinajstić information content (AvgIpc) is 3.02. The molecule has 1 heterocycles. The summed E-state index contributed by atoms with van der Waals surface area (Å²) in [7, 11) is 0. The molecular formula is C23H20Cl2N2O5. The summed E-state index contributed by atoms with van der Waals surface area (Å²) < 4.78 is 5.04. The standard InChI is InChI=1S/C23H20Cl2N2O5/c24-18-10-16-17(11-19(18)25)22(30)27(21(16)29)15-8-6-13(7-9-15)23(31)32-12-20(28)26-14-4-2-1-3-5-14/h1-9,16-19H,10-12H2,(H,26,28)/t16-,17+,18-,19-/m0/s1. The van der Waals surface area contributed by atoms with Gasteiger partial charge in [0.1, 0.15) is 0 Å². The fraction of sp³-hybridized carbons (Fsp3) is 0.304. The van der Waals surface area contributed by atoms with Gasteiger partial charge in [-0.05, 0) is 49.2 Å². The van der Waals surface area contributed by atoms with Crippen molar-refractivity contribution >= 4 is 58.3 Å². The normalized spacial score (nSPS) is 24.8. The lowest BCUT2D eigenvalue weighted by Crippen LogP contribution is -2.34. The lowest BCUT2D eigenvalue weighted by molar-refractivity contribution is -0.122. The van der Waals surface area contributed by atoms with Gasteiger partial charge < -0.3 is 10.1 Å². The van der Waals surface area contributed by atoms with Gasteiger partial charge in [0.2, 0.25) is 11.8 Å². The van der Waals surface area contributed by atoms with E-state index in [9.17, 15) is 19.2 Å². The molecule has 1 aliphatic heterocycles. The summed E-state index contributed by atoms with van der Waals surface area (Å²) in [6, 6.07) is 14.7. The van der Waals surface area contributed by atoms with Gasteiger partial charge in [-0.3, -0.25) is 19.3 Å². The maximum absolute atomic E-state index is 12.8. The number of fused-ring (bicyclic) bond motifs is 1. The zero-order chi connectivity index (χ0) is 22.8. The number of carbonyl (C=O) groups excluding carboxylic acids is 4. The molecule has 0 unspecified atom stereocenters. The average molecular weight is 475 g/mol. The Morgan fingerprint density at radius 2 is 1.47 bits per heavy atom. The molecular weight excluding hydrogens is 455 g/mol. The van der Waals surface area contributed by atoms with E-state index in [2.05, 4.69) is 5.32 Å². The number of nitrogens with one attached hydrogen (secondary N) is 1. The van der Waals surface area contributed by atoms with Crippen LogP contribution in [0, 0.1) is 11.8 Å². The van der Waals surface area contributed by atoms with Gasteiger partial charge in [0.15, 0.2) is 6.61 Å². The van der Waals surface area contributed by atoms with E-state index in [-0.39, 0.29) is 28.1 Å². The van der Waals surface area contributed by atoms with Crippen LogP contribution in [0.2, 0.25) is 0 Å². The second kappa shape index (κ2) is 9.30. The third-order valence-corrected chi connectivity index (χ3v) is 6.76. The number of hydrogen-bond acceptors (Lipinski definition) is 5. The number of rotatable bonds is 5. The second-order valence-corrected chi connectivity index (χ2v) is 8.89. The molecule has 0 spiro atoms. The van der Waals surface area contributed by atoms with Crippen molar-refractivity contribution in [2.75, 3.05) is 16.8 Å². The molecule has 4 atom stereocenters. The van der Waals surface area contributed by atoms with E-state index in [1.807, 2.05) is 6.07 Å². The largest absolute Gasteiger partial charge is 0.452 e. The van der Waals surface area contributed by atoms with E-state index >= 15 is 0 Å². The van der Waals surface area contributed by atoms with E-state index in [0.717, 1.165) is 4.90 Å². The molecule has 1 N–H and O–H groups in total. The topological polar surface area (TPSA) is 92.8 Å². The molecule has 2 aliphatic rings. The fourth-order valence-electron chi connectivity index (χ4n) is 4.03. The fourth-order valence-corrected chi connectivity index (χ4v) is 4.62. The number of hydrogen-bond donors (Lipinski definition) is 1. The summed E-state index contributed by atoms with van der Waals surface area (Å²) >= 11 is 12.4. The predicted octanol–water partition coefficient (Wildman–Crippen LogP) is 3.60. The molecule has 166 valence electrons. The Morgan fingerprint density at radius 3 is 2.03 bits per heavy atom. The zero-order valence-corrected chi connectivity index (χ0v) is 18.4. The molecule has 3 amide bonds. The van der Waals surface area contributed by atoms with Crippen LogP contribution in [0.25, 0.3) is 0 Å². The van der Waals surface area contributed by atoms with Gasteiger partial charge in [-0.2, -0.15) is 0 Å². The zero-order valence-electron chi connectivity index (χ0n) is 16.9. The number of amides is 3. The third-order valence-electron chi connectivity index (χ3n) is 5.66. The van der Waals surface area contributed by atoms with Crippen LogP contribution in [0.5, 0.6) is 0 Å². The van der Waals surface area contributed by atoms with Crippen molar-refractivity contribution in [1.29, 1.82) is 0 Å². The maximum atomic E-state index is 12.8. The minimum Gasteiger partial charge on any atom is -0.452 e. The van der Waals surface area contributed by atoms with Crippen molar-refractivity contribution in [1.82, 2.24) is 0 Å². The van der Waals surface area contributed by atoms with Gasteiger partial charge >= 0.3 is 5.97 Å². The summed E-state index contributed by atoms with van der Waals surface area (Å²) in [5.41, 5.74) is 1.16. The number of carbonyl (C=O) groups is 4. The molecule has 0 radical (unpaired) electrons. The van der Waals surface area contributed by atoms with Crippen LogP contribution in [0.1, 0.15) is 23.2 Å². The van der Waals surface area contributed by atoms with Crippen molar-refractivity contribution in [3.63, 3.8) is 0 Å². The third kappa shape index (κ3) is 4.49. The molecule has 7 nitrogen and oxygen atoms in total. The first-order valence-corrected chi connectivity index (χ1v) is 11.0. The number of para-hydroxylation sites is 1. The van der Waals surface area contributed by atoms with Gasteiger partial charge in [0, 0.05) is 5.69 Å². The number of nitrogens with zero attached hydrogens (tertiary/aromatic N) is 1. The molecule has 32 heavy (non-hydrogen) atoms. The van der Waals surface area contributed by atoms with Gasteiger partial charge in [0.25, 0.3) is 5.91 Å². The van der Waals surface area contributed by atoms with E-state index in [4.69, 9.17) is 27.9 Å². The van der Waals surface area contributed by atoms with Crippen LogP contribution in [0.15, 0.2) is 54.6 Å². The lowest BCUT2D eigenvalue weighted by atomic mass is 9.80. The minimum absolute atomic E-state index is 0.194. The first-order chi connectivity index (χ1) is 15.3. The predicted molar refractivity (Wildman–Crippen MR) is 120 cm³/mol. The number of esters is 1.